The second-order valence-electron chi connectivity index (χ2n) is 6.83. The Morgan fingerprint density at radius 2 is 1.58 bits per heavy atom. The first-order valence-corrected chi connectivity index (χ1v) is 10.4. The highest BCUT2D eigenvalue weighted by molar-refractivity contribution is 7.47. The number of hydrogen-bond donors (Lipinski definition) is 3. The van der Waals surface area contributed by atoms with Crippen LogP contribution in [0.25, 0.3) is 10.8 Å². The zero-order valence-corrected chi connectivity index (χ0v) is 17.8. The molecule has 31 heavy (non-hydrogen) atoms. The summed E-state index contributed by atoms with van der Waals surface area (Å²) in [6.07, 6.45) is 2.55. The lowest BCUT2D eigenvalue weighted by Crippen LogP contribution is -2.29. The highest BCUT2D eigenvalue weighted by Gasteiger charge is 2.07. The van der Waals surface area contributed by atoms with Crippen molar-refractivity contribution in [3.63, 3.8) is 0 Å². The SMILES string of the molecule is O=C(N=S)Nc1ccccc1OCCCCCNC(=O)Nc1cccc2ccccc12. The number of fused-ring (bicyclic) bond motifs is 1. The maximum Gasteiger partial charge on any atom is 0.356 e. The van der Waals surface area contributed by atoms with Crippen molar-refractivity contribution < 1.29 is 14.3 Å². The summed E-state index contributed by atoms with van der Waals surface area (Å²) in [5.74, 6) is 0.571. The molecule has 0 bridgehead atoms. The Balaban J connectivity index is 1.34. The van der Waals surface area contributed by atoms with E-state index in [9.17, 15) is 9.59 Å². The molecule has 0 saturated heterocycles. The van der Waals surface area contributed by atoms with Crippen LogP contribution in [0, 0.1) is 0 Å². The Kier molecular flexibility index (Phi) is 8.30. The predicted octanol–water partition coefficient (Wildman–Crippen LogP) is 5.47. The smallest absolute Gasteiger partial charge is 0.356 e. The van der Waals surface area contributed by atoms with Crippen molar-refractivity contribution in [1.82, 2.24) is 5.32 Å². The quantitative estimate of drug-likeness (QED) is 0.388. The van der Waals surface area contributed by atoms with Crippen molar-refractivity contribution in [2.24, 2.45) is 4.36 Å². The van der Waals surface area contributed by atoms with E-state index >= 15 is 0 Å². The number of amides is 4. The fourth-order valence-electron chi connectivity index (χ4n) is 3.12. The monoisotopic (exact) mass is 436 g/mol. The summed E-state index contributed by atoms with van der Waals surface area (Å²) in [4.78, 5) is 23.5. The van der Waals surface area contributed by atoms with Gasteiger partial charge in [-0.3, -0.25) is 0 Å². The molecule has 0 aromatic heterocycles. The van der Waals surface area contributed by atoms with E-state index in [4.69, 9.17) is 4.74 Å². The van der Waals surface area contributed by atoms with Gasteiger partial charge in [-0.1, -0.05) is 48.5 Å². The zero-order chi connectivity index (χ0) is 21.9. The van der Waals surface area contributed by atoms with Gasteiger partial charge in [0.05, 0.1) is 18.0 Å². The number of unbranched alkanes of at least 4 members (excludes halogenated alkanes) is 2. The van der Waals surface area contributed by atoms with Gasteiger partial charge in [-0.25, -0.2) is 9.59 Å². The van der Waals surface area contributed by atoms with Crippen molar-refractivity contribution in [2.75, 3.05) is 23.8 Å². The van der Waals surface area contributed by atoms with Crippen LogP contribution in [-0.4, -0.2) is 25.2 Å². The second kappa shape index (κ2) is 11.6. The number of benzene rings is 3. The Morgan fingerprint density at radius 3 is 2.45 bits per heavy atom. The zero-order valence-electron chi connectivity index (χ0n) is 17.0. The van der Waals surface area contributed by atoms with Crippen LogP contribution in [0.1, 0.15) is 19.3 Å². The van der Waals surface area contributed by atoms with Crippen LogP contribution in [0.5, 0.6) is 5.75 Å². The van der Waals surface area contributed by atoms with Crippen LogP contribution >= 0.6 is 0 Å². The maximum absolute atomic E-state index is 12.2. The summed E-state index contributed by atoms with van der Waals surface area (Å²) in [7, 11) is 0. The highest BCUT2D eigenvalue weighted by atomic mass is 32.1. The Hall–Kier alpha value is -3.52. The number of rotatable bonds is 9. The summed E-state index contributed by atoms with van der Waals surface area (Å²) in [5, 5.41) is 10.5. The third-order valence-electron chi connectivity index (χ3n) is 4.61. The number of nitrogens with zero attached hydrogens (tertiary/aromatic N) is 1. The topological polar surface area (TPSA) is 91.8 Å². The van der Waals surface area contributed by atoms with E-state index in [0.717, 1.165) is 35.7 Å². The van der Waals surface area contributed by atoms with Gasteiger partial charge in [0.2, 0.25) is 0 Å². The highest BCUT2D eigenvalue weighted by Crippen LogP contribution is 2.24. The van der Waals surface area contributed by atoms with Crippen LogP contribution < -0.4 is 20.7 Å². The van der Waals surface area contributed by atoms with Gasteiger partial charge in [0.1, 0.15) is 5.75 Å². The summed E-state index contributed by atoms with van der Waals surface area (Å²) < 4.78 is 8.89. The molecule has 3 N–H and O–H groups in total. The van der Waals surface area contributed by atoms with Crippen LogP contribution in [0.15, 0.2) is 71.1 Å². The average Bonchev–Trinajstić information content (AvgIpc) is 2.79. The molecule has 0 heterocycles. The van der Waals surface area contributed by atoms with Gasteiger partial charge < -0.3 is 20.7 Å². The van der Waals surface area contributed by atoms with E-state index in [-0.39, 0.29) is 6.03 Å². The maximum atomic E-state index is 12.2. The average molecular weight is 437 g/mol. The van der Waals surface area contributed by atoms with E-state index in [2.05, 4.69) is 32.7 Å². The molecule has 0 saturated carbocycles. The van der Waals surface area contributed by atoms with Gasteiger partial charge in [-0.15, -0.1) is 4.36 Å². The largest absolute Gasteiger partial charge is 0.491 e. The number of ether oxygens (including phenoxy) is 1. The standard InChI is InChI=1S/C23H24N4O3S/c28-22(25-19-13-8-10-17-9-2-3-11-18(17)19)24-15-6-1-7-16-30-21-14-5-4-12-20(21)26-23(29)27-31/h2-5,8-14H,1,6-7,15-16H2,(H,26,29)(H2,24,25,28). The van der Waals surface area contributed by atoms with E-state index in [0.29, 0.717) is 24.6 Å². The molecule has 8 heteroatoms. The van der Waals surface area contributed by atoms with Gasteiger partial charge in [0.25, 0.3) is 0 Å². The van der Waals surface area contributed by atoms with E-state index in [1.165, 1.54) is 0 Å². The second-order valence-corrected chi connectivity index (χ2v) is 7.02. The van der Waals surface area contributed by atoms with Gasteiger partial charge in [-0.05, 0) is 42.8 Å². The van der Waals surface area contributed by atoms with Crippen molar-refractivity contribution in [1.29, 1.82) is 0 Å². The van der Waals surface area contributed by atoms with Crippen molar-refractivity contribution in [3.05, 3.63) is 66.7 Å². The molecule has 0 aliphatic heterocycles. The van der Waals surface area contributed by atoms with Crippen LogP contribution in [-0.2, 0) is 12.4 Å². The van der Waals surface area contributed by atoms with Crippen LogP contribution in [0.2, 0.25) is 0 Å². The molecule has 0 atom stereocenters. The molecule has 3 aromatic carbocycles. The first kappa shape index (κ1) is 22.2. The molecule has 0 spiro atoms. The van der Waals surface area contributed by atoms with Crippen molar-refractivity contribution in [3.8, 4) is 5.75 Å². The minimum Gasteiger partial charge on any atom is -0.491 e. The fraction of sp³-hybridized carbons (Fsp3) is 0.217. The first-order chi connectivity index (χ1) is 15.2. The third kappa shape index (κ3) is 6.75. The van der Waals surface area contributed by atoms with Gasteiger partial charge in [0, 0.05) is 24.4 Å². The lowest BCUT2D eigenvalue weighted by atomic mass is 10.1. The van der Waals surface area contributed by atoms with E-state index < -0.39 is 6.03 Å². The van der Waals surface area contributed by atoms with Gasteiger partial charge in [0.15, 0.2) is 0 Å². The summed E-state index contributed by atoms with van der Waals surface area (Å²) in [6, 6.07) is 20.1. The lowest BCUT2D eigenvalue weighted by molar-refractivity contribution is 0.251. The van der Waals surface area contributed by atoms with Crippen LogP contribution in [0.4, 0.5) is 21.0 Å². The molecule has 0 fully saturated rings. The van der Waals surface area contributed by atoms with Gasteiger partial charge in [-0.2, -0.15) is 0 Å². The molecule has 4 amide bonds. The molecule has 0 aliphatic rings. The Bertz CT molecular complexity index is 1050. The molecule has 0 radical (unpaired) electrons. The number of nitrogens with one attached hydrogen (secondary N) is 3. The number of para-hydroxylation sites is 2. The molecule has 0 unspecified atom stereocenters. The van der Waals surface area contributed by atoms with Gasteiger partial charge >= 0.3 is 12.1 Å². The minimum atomic E-state index is -0.598. The van der Waals surface area contributed by atoms with E-state index in [1.54, 1.807) is 18.2 Å². The third-order valence-corrected chi connectivity index (χ3v) is 4.78. The molecule has 3 rings (SSSR count). The van der Waals surface area contributed by atoms with Crippen molar-refractivity contribution >= 4 is 46.6 Å². The lowest BCUT2D eigenvalue weighted by Gasteiger charge is -2.11. The Morgan fingerprint density at radius 1 is 0.839 bits per heavy atom. The predicted molar refractivity (Wildman–Crippen MR) is 126 cm³/mol. The van der Waals surface area contributed by atoms with Crippen molar-refractivity contribution in [2.45, 2.75) is 19.3 Å². The molecular weight excluding hydrogens is 412 g/mol. The summed E-state index contributed by atoms with van der Waals surface area (Å²) >= 11 is 4.38. The normalized spacial score (nSPS) is 10.3. The molecule has 0 aliphatic carbocycles. The number of urea groups is 2. The molecule has 3 aromatic rings. The summed E-state index contributed by atoms with van der Waals surface area (Å²) in [5.41, 5.74) is 1.33. The Labute approximate surface area is 186 Å². The molecular formula is C23H24N4O3S. The number of anilines is 2. The fourth-order valence-corrected chi connectivity index (χ4v) is 3.17. The number of carbonyl (C=O) groups is 2. The number of carbonyl (C=O) groups excluding carboxylic acids is 2. The molecule has 7 nitrogen and oxygen atoms in total. The summed E-state index contributed by atoms with van der Waals surface area (Å²) in [6.45, 7) is 1.07. The molecule has 160 valence electrons. The minimum absolute atomic E-state index is 0.218. The van der Waals surface area contributed by atoms with Crippen LogP contribution in [0.3, 0.4) is 0 Å². The first-order valence-electron chi connectivity index (χ1n) is 10.1. The van der Waals surface area contributed by atoms with E-state index in [1.807, 2.05) is 48.5 Å². The number of hydrogen-bond acceptors (Lipinski definition) is 4.